The summed E-state index contributed by atoms with van der Waals surface area (Å²) in [6.07, 6.45) is 2.38. The minimum Gasteiger partial charge on any atom is -0.440 e. The summed E-state index contributed by atoms with van der Waals surface area (Å²) in [6.45, 7) is 9.14. The Labute approximate surface area is 137 Å². The zero-order valence-corrected chi connectivity index (χ0v) is 14.1. The van der Waals surface area contributed by atoms with E-state index in [1.807, 2.05) is 26.0 Å². The van der Waals surface area contributed by atoms with Crippen molar-refractivity contribution in [2.45, 2.75) is 45.6 Å². The highest BCUT2D eigenvalue weighted by molar-refractivity contribution is 5.97. The molecule has 1 aromatic carbocycles. The minimum atomic E-state index is -0.0441. The van der Waals surface area contributed by atoms with Crippen molar-refractivity contribution >= 4 is 17.0 Å². The van der Waals surface area contributed by atoms with E-state index in [9.17, 15) is 4.79 Å². The summed E-state index contributed by atoms with van der Waals surface area (Å²) in [5.41, 5.74) is 2.11. The molecule has 5 nitrogen and oxygen atoms in total. The molecular weight excluding hydrogens is 290 g/mol. The predicted octanol–water partition coefficient (Wildman–Crippen LogP) is 3.17. The second-order valence-electron chi connectivity index (χ2n) is 6.52. The van der Waals surface area contributed by atoms with Crippen LogP contribution in [0.15, 0.2) is 22.6 Å². The van der Waals surface area contributed by atoms with Gasteiger partial charge in [-0.15, -0.1) is 0 Å². The van der Waals surface area contributed by atoms with Crippen LogP contribution in [-0.4, -0.2) is 41.5 Å². The largest absolute Gasteiger partial charge is 0.440 e. The average molecular weight is 315 g/mol. The molecular formula is C18H25N3O2. The molecule has 1 aliphatic heterocycles. The lowest BCUT2D eigenvalue weighted by Crippen LogP contribution is -2.40. The second kappa shape index (κ2) is 6.71. The minimum absolute atomic E-state index is 0.0441. The first-order chi connectivity index (χ1) is 11.1. The Balaban J connectivity index is 1.68. The number of aromatic nitrogens is 1. The maximum atomic E-state index is 12.4. The quantitative estimate of drug-likeness (QED) is 0.921. The highest BCUT2D eigenvalue weighted by Gasteiger charge is 2.23. The molecule has 1 fully saturated rings. The number of fused-ring (bicyclic) bond motifs is 1. The van der Waals surface area contributed by atoms with Gasteiger partial charge in [0.2, 0.25) is 0 Å². The normalized spacial score (nSPS) is 18.9. The third-order valence-corrected chi connectivity index (χ3v) is 4.56. The molecule has 1 aromatic heterocycles. The van der Waals surface area contributed by atoms with Gasteiger partial charge in [0.05, 0.1) is 0 Å². The van der Waals surface area contributed by atoms with Gasteiger partial charge in [0, 0.05) is 24.1 Å². The van der Waals surface area contributed by atoms with Crippen LogP contribution in [0.5, 0.6) is 0 Å². The number of benzene rings is 1. The van der Waals surface area contributed by atoms with E-state index in [1.54, 1.807) is 6.07 Å². The fourth-order valence-electron chi connectivity index (χ4n) is 3.19. The van der Waals surface area contributed by atoms with Crippen LogP contribution >= 0.6 is 0 Å². The molecule has 3 rings (SSSR count). The predicted molar refractivity (Wildman–Crippen MR) is 90.7 cm³/mol. The third-order valence-electron chi connectivity index (χ3n) is 4.56. The van der Waals surface area contributed by atoms with Crippen molar-refractivity contribution in [3.05, 3.63) is 29.7 Å². The zero-order valence-electron chi connectivity index (χ0n) is 14.1. The second-order valence-corrected chi connectivity index (χ2v) is 6.52. The number of carbonyl (C=O) groups is 1. The van der Waals surface area contributed by atoms with E-state index in [4.69, 9.17) is 4.42 Å². The smallest absolute Gasteiger partial charge is 0.251 e. The first-order valence-corrected chi connectivity index (χ1v) is 8.51. The number of likely N-dealkylation sites (tertiary alicyclic amines) is 1. The number of rotatable bonds is 5. The van der Waals surface area contributed by atoms with Gasteiger partial charge in [0.15, 0.2) is 11.5 Å². The summed E-state index contributed by atoms with van der Waals surface area (Å²) in [5.74, 6) is 0.904. The number of nitrogens with one attached hydrogen (secondary N) is 1. The Morgan fingerprint density at radius 3 is 3.04 bits per heavy atom. The van der Waals surface area contributed by atoms with Gasteiger partial charge < -0.3 is 9.73 Å². The number of nitrogens with zero attached hydrogens (tertiary/aromatic N) is 2. The Morgan fingerprint density at radius 1 is 1.48 bits per heavy atom. The molecule has 2 heterocycles. The van der Waals surface area contributed by atoms with Crippen molar-refractivity contribution in [3.8, 4) is 0 Å². The molecule has 0 saturated carbocycles. The van der Waals surface area contributed by atoms with Gasteiger partial charge in [-0.2, -0.15) is 0 Å². The Bertz CT molecular complexity index is 693. The summed E-state index contributed by atoms with van der Waals surface area (Å²) in [4.78, 5) is 19.3. The number of carbonyl (C=O) groups excluding carboxylic acids is 1. The van der Waals surface area contributed by atoms with Gasteiger partial charge in [-0.1, -0.05) is 20.8 Å². The standard InChI is InChI=1S/C18H25N3O2/c1-4-21-9-5-6-14(21)11-19-17(22)13-7-8-15-16(10-13)23-18(20-15)12(2)3/h7-8,10,12,14H,4-6,9,11H2,1-3H3,(H,19,22)/t14-/m1/s1. The van der Waals surface area contributed by atoms with E-state index in [0.717, 1.165) is 25.0 Å². The zero-order chi connectivity index (χ0) is 16.4. The summed E-state index contributed by atoms with van der Waals surface area (Å²) < 4.78 is 5.73. The van der Waals surface area contributed by atoms with E-state index in [1.165, 1.54) is 6.42 Å². The van der Waals surface area contributed by atoms with Crippen LogP contribution in [0.25, 0.3) is 11.1 Å². The van der Waals surface area contributed by atoms with Crippen LogP contribution in [0.4, 0.5) is 0 Å². The highest BCUT2D eigenvalue weighted by Crippen LogP contribution is 2.22. The summed E-state index contributed by atoms with van der Waals surface area (Å²) in [6, 6.07) is 5.92. The van der Waals surface area contributed by atoms with Crippen molar-refractivity contribution in [1.29, 1.82) is 0 Å². The Hall–Kier alpha value is -1.88. The first kappa shape index (κ1) is 16.0. The molecule has 2 aromatic rings. The van der Waals surface area contributed by atoms with Gasteiger partial charge >= 0.3 is 0 Å². The topological polar surface area (TPSA) is 58.4 Å². The van der Waals surface area contributed by atoms with Crippen LogP contribution in [0.2, 0.25) is 0 Å². The maximum Gasteiger partial charge on any atom is 0.251 e. The number of likely N-dealkylation sites (N-methyl/N-ethyl adjacent to an activating group) is 1. The summed E-state index contributed by atoms with van der Waals surface area (Å²) >= 11 is 0. The van der Waals surface area contributed by atoms with Gasteiger partial charge in [-0.3, -0.25) is 9.69 Å². The monoisotopic (exact) mass is 315 g/mol. The lowest BCUT2D eigenvalue weighted by molar-refractivity contribution is 0.0941. The van der Waals surface area contributed by atoms with E-state index in [-0.39, 0.29) is 11.8 Å². The van der Waals surface area contributed by atoms with Gasteiger partial charge in [-0.25, -0.2) is 4.98 Å². The lowest BCUT2D eigenvalue weighted by Gasteiger charge is -2.22. The Kier molecular flexibility index (Phi) is 4.66. The highest BCUT2D eigenvalue weighted by atomic mass is 16.3. The van der Waals surface area contributed by atoms with Crippen LogP contribution in [0, 0.1) is 0 Å². The maximum absolute atomic E-state index is 12.4. The third kappa shape index (κ3) is 3.39. The van der Waals surface area contributed by atoms with Crippen molar-refractivity contribution < 1.29 is 9.21 Å². The molecule has 1 amide bonds. The Morgan fingerprint density at radius 2 is 2.30 bits per heavy atom. The molecule has 0 unspecified atom stereocenters. The van der Waals surface area contributed by atoms with E-state index in [2.05, 4.69) is 22.1 Å². The molecule has 0 aliphatic carbocycles. The van der Waals surface area contributed by atoms with Crippen LogP contribution in [0.1, 0.15) is 55.8 Å². The van der Waals surface area contributed by atoms with E-state index < -0.39 is 0 Å². The number of amides is 1. The van der Waals surface area contributed by atoms with Crippen molar-refractivity contribution in [2.24, 2.45) is 0 Å². The first-order valence-electron chi connectivity index (χ1n) is 8.51. The van der Waals surface area contributed by atoms with Crippen LogP contribution in [-0.2, 0) is 0 Å². The number of oxazole rings is 1. The lowest BCUT2D eigenvalue weighted by atomic mass is 10.1. The SMILES string of the molecule is CCN1CCC[C@@H]1CNC(=O)c1ccc2nc(C(C)C)oc2c1. The van der Waals surface area contributed by atoms with Crippen molar-refractivity contribution in [1.82, 2.24) is 15.2 Å². The summed E-state index contributed by atoms with van der Waals surface area (Å²) in [5, 5.41) is 3.06. The van der Waals surface area contributed by atoms with Gasteiger partial charge in [-0.05, 0) is 44.1 Å². The number of hydrogen-bond donors (Lipinski definition) is 1. The molecule has 0 radical (unpaired) electrons. The fourth-order valence-corrected chi connectivity index (χ4v) is 3.19. The average Bonchev–Trinajstić information content (AvgIpc) is 3.17. The van der Waals surface area contributed by atoms with E-state index in [0.29, 0.717) is 29.6 Å². The molecule has 5 heteroatoms. The number of hydrogen-bond acceptors (Lipinski definition) is 4. The molecule has 1 N–H and O–H groups in total. The van der Waals surface area contributed by atoms with Crippen LogP contribution in [0.3, 0.4) is 0 Å². The van der Waals surface area contributed by atoms with E-state index >= 15 is 0 Å². The van der Waals surface area contributed by atoms with Crippen LogP contribution < -0.4 is 5.32 Å². The molecule has 23 heavy (non-hydrogen) atoms. The molecule has 0 spiro atoms. The van der Waals surface area contributed by atoms with Crippen molar-refractivity contribution in [2.75, 3.05) is 19.6 Å². The molecule has 1 atom stereocenters. The molecule has 0 bridgehead atoms. The molecule has 1 saturated heterocycles. The van der Waals surface area contributed by atoms with Gasteiger partial charge in [0.1, 0.15) is 5.52 Å². The fraction of sp³-hybridized carbons (Fsp3) is 0.556. The van der Waals surface area contributed by atoms with Crippen molar-refractivity contribution in [3.63, 3.8) is 0 Å². The van der Waals surface area contributed by atoms with Gasteiger partial charge in [0.25, 0.3) is 5.91 Å². The molecule has 124 valence electrons. The summed E-state index contributed by atoms with van der Waals surface area (Å²) in [7, 11) is 0. The molecule has 1 aliphatic rings.